The van der Waals surface area contributed by atoms with Crippen molar-refractivity contribution in [1.82, 2.24) is 34.1 Å². The van der Waals surface area contributed by atoms with Crippen molar-refractivity contribution in [3.05, 3.63) is 89.3 Å². The molecule has 1 aliphatic carbocycles. The molecular weight excluding hydrogens is 474 g/mol. The van der Waals surface area contributed by atoms with Gasteiger partial charge in [0.25, 0.3) is 5.91 Å². The summed E-state index contributed by atoms with van der Waals surface area (Å²) in [7, 11) is 0. The van der Waals surface area contributed by atoms with E-state index in [1.165, 1.54) is 19.0 Å². The fourth-order valence-corrected chi connectivity index (χ4v) is 4.46. The Kier molecular flexibility index (Phi) is 7.09. The van der Waals surface area contributed by atoms with E-state index in [9.17, 15) is 4.79 Å². The number of hydrogen-bond donors (Lipinski definition) is 0. The molecule has 2 fully saturated rings. The van der Waals surface area contributed by atoms with Crippen LogP contribution in [0.5, 0.6) is 0 Å². The summed E-state index contributed by atoms with van der Waals surface area (Å²) < 4.78 is 2.16. The summed E-state index contributed by atoms with van der Waals surface area (Å²) in [5.41, 5.74) is 7.98. The maximum Gasteiger partial charge on any atom is 0.274 e. The molecule has 1 amide bonds. The van der Waals surface area contributed by atoms with Gasteiger partial charge in [-0.3, -0.25) is 24.1 Å². The van der Waals surface area contributed by atoms with Crippen molar-refractivity contribution >= 4 is 28.7 Å². The molecule has 9 heteroatoms. The van der Waals surface area contributed by atoms with Crippen LogP contribution in [0.4, 0.5) is 0 Å². The maximum atomic E-state index is 12.8. The van der Waals surface area contributed by atoms with Gasteiger partial charge in [0.1, 0.15) is 5.69 Å². The van der Waals surface area contributed by atoms with Crippen molar-refractivity contribution in [3.8, 4) is 0 Å². The third-order valence-electron chi connectivity index (χ3n) is 6.46. The first-order chi connectivity index (χ1) is 17.5. The number of nitrogens with zero attached hydrogens (tertiary/aromatic N) is 7. The van der Waals surface area contributed by atoms with Gasteiger partial charge in [0, 0.05) is 67.8 Å². The smallest absolute Gasteiger partial charge is 0.274 e. The molecule has 5 rings (SSSR count). The Morgan fingerprint density at radius 3 is 2.64 bits per heavy atom. The quantitative estimate of drug-likeness (QED) is 0.356. The van der Waals surface area contributed by atoms with Gasteiger partial charge in [-0.25, -0.2) is 9.97 Å². The van der Waals surface area contributed by atoms with Crippen LogP contribution >= 0.6 is 11.6 Å². The standard InChI is InChI=1S/C27H28ClN7O/c1-3-4-21(6-5-19(2)28)26-24(35-17-23(20-7-8-20)31-16-25(35)32-26)18-33-11-13-34(14-12-33)27(36)22-15-29-9-10-30-22/h4-6,9-10,15-17,20H,1,7-8,11-14,18H2,2H3. The third kappa shape index (κ3) is 5.31. The van der Waals surface area contributed by atoms with E-state index in [4.69, 9.17) is 16.6 Å². The molecule has 0 aromatic carbocycles. The average Bonchev–Trinajstić information content (AvgIpc) is 3.69. The van der Waals surface area contributed by atoms with Gasteiger partial charge in [-0.2, -0.15) is 0 Å². The predicted octanol–water partition coefficient (Wildman–Crippen LogP) is 4.22. The number of aromatic nitrogens is 5. The van der Waals surface area contributed by atoms with Crippen LogP contribution in [0.25, 0.3) is 11.2 Å². The number of halogens is 1. The van der Waals surface area contributed by atoms with Gasteiger partial charge in [-0.05, 0) is 31.9 Å². The lowest BCUT2D eigenvalue weighted by atomic mass is 10.1. The Balaban J connectivity index is 1.43. The highest BCUT2D eigenvalue weighted by atomic mass is 35.5. The molecule has 1 aliphatic heterocycles. The average molecular weight is 502 g/mol. The molecule has 0 spiro atoms. The van der Waals surface area contributed by atoms with E-state index < -0.39 is 0 Å². The molecule has 1 saturated heterocycles. The van der Waals surface area contributed by atoms with Crippen LogP contribution in [0.15, 0.2) is 66.6 Å². The Morgan fingerprint density at radius 1 is 1.17 bits per heavy atom. The van der Waals surface area contributed by atoms with E-state index in [0.717, 1.165) is 41.4 Å². The summed E-state index contributed by atoms with van der Waals surface area (Å²) >= 11 is 6.11. The molecule has 2 aliphatic rings. The second kappa shape index (κ2) is 10.6. The number of carbonyl (C=O) groups excluding carboxylic acids is 1. The zero-order chi connectivity index (χ0) is 25.1. The summed E-state index contributed by atoms with van der Waals surface area (Å²) in [6.07, 6.45) is 16.6. The molecule has 0 N–H and O–H groups in total. The molecular formula is C27H28ClN7O. The summed E-state index contributed by atoms with van der Waals surface area (Å²) in [6.45, 7) is 9.03. The normalized spacial score (nSPS) is 17.3. The zero-order valence-corrected chi connectivity index (χ0v) is 21.0. The molecule has 0 unspecified atom stereocenters. The molecule has 0 atom stereocenters. The molecule has 3 aromatic heterocycles. The van der Waals surface area contributed by atoms with E-state index in [0.29, 0.717) is 36.3 Å². The van der Waals surface area contributed by atoms with Crippen molar-refractivity contribution < 1.29 is 4.79 Å². The number of rotatable bonds is 7. The lowest BCUT2D eigenvalue weighted by molar-refractivity contribution is 0.0620. The highest BCUT2D eigenvalue weighted by Gasteiger charge is 2.28. The zero-order valence-electron chi connectivity index (χ0n) is 20.3. The summed E-state index contributed by atoms with van der Waals surface area (Å²) in [5.74, 6) is 0.455. The molecule has 0 radical (unpaired) electrons. The Hall–Kier alpha value is -3.58. The molecule has 1 saturated carbocycles. The molecule has 4 heterocycles. The van der Waals surface area contributed by atoms with E-state index in [1.807, 2.05) is 36.2 Å². The van der Waals surface area contributed by atoms with E-state index >= 15 is 0 Å². The van der Waals surface area contributed by atoms with Gasteiger partial charge in [0.15, 0.2) is 5.65 Å². The van der Waals surface area contributed by atoms with Gasteiger partial charge in [-0.1, -0.05) is 24.3 Å². The van der Waals surface area contributed by atoms with Gasteiger partial charge < -0.3 is 4.90 Å². The van der Waals surface area contributed by atoms with Gasteiger partial charge in [0.05, 0.1) is 29.5 Å². The number of piperazine rings is 1. The lowest BCUT2D eigenvalue weighted by Crippen LogP contribution is -2.48. The first kappa shape index (κ1) is 24.1. The van der Waals surface area contributed by atoms with Crippen LogP contribution in [-0.2, 0) is 6.54 Å². The fourth-order valence-electron chi connectivity index (χ4n) is 4.39. The minimum Gasteiger partial charge on any atom is -0.335 e. The van der Waals surface area contributed by atoms with Crippen LogP contribution in [0, 0.1) is 0 Å². The second-order valence-corrected chi connectivity index (χ2v) is 9.70. The molecule has 184 valence electrons. The van der Waals surface area contributed by atoms with Gasteiger partial charge in [0.2, 0.25) is 0 Å². The van der Waals surface area contributed by atoms with Gasteiger partial charge >= 0.3 is 0 Å². The van der Waals surface area contributed by atoms with Crippen molar-refractivity contribution in [2.75, 3.05) is 26.2 Å². The predicted molar refractivity (Wildman–Crippen MR) is 139 cm³/mol. The number of allylic oxidation sites excluding steroid dienone is 5. The summed E-state index contributed by atoms with van der Waals surface area (Å²) in [4.78, 5) is 34.8. The Morgan fingerprint density at radius 2 is 1.97 bits per heavy atom. The summed E-state index contributed by atoms with van der Waals surface area (Å²) in [6, 6.07) is 0. The van der Waals surface area contributed by atoms with Crippen LogP contribution < -0.4 is 0 Å². The van der Waals surface area contributed by atoms with Crippen LogP contribution in [-0.4, -0.2) is 66.2 Å². The van der Waals surface area contributed by atoms with Gasteiger partial charge in [-0.15, -0.1) is 5.73 Å². The monoisotopic (exact) mass is 501 g/mol. The largest absolute Gasteiger partial charge is 0.335 e. The first-order valence-electron chi connectivity index (χ1n) is 12.1. The number of imidazole rings is 1. The third-order valence-corrected chi connectivity index (χ3v) is 6.59. The van der Waals surface area contributed by atoms with Crippen molar-refractivity contribution in [3.63, 3.8) is 0 Å². The van der Waals surface area contributed by atoms with Crippen molar-refractivity contribution in [1.29, 1.82) is 0 Å². The first-order valence-corrected chi connectivity index (χ1v) is 12.5. The van der Waals surface area contributed by atoms with Crippen molar-refractivity contribution in [2.24, 2.45) is 0 Å². The van der Waals surface area contributed by atoms with Crippen LogP contribution in [0.2, 0.25) is 0 Å². The molecule has 0 bridgehead atoms. The maximum absolute atomic E-state index is 12.8. The highest BCUT2D eigenvalue weighted by molar-refractivity contribution is 6.29. The SMILES string of the molecule is C=C=CC(=CC=C(C)Cl)c1nc2cnc(C3CC3)cn2c1CN1CCN(C(=O)c2cnccn2)CC1. The molecule has 36 heavy (non-hydrogen) atoms. The minimum atomic E-state index is -0.0806. The number of hydrogen-bond acceptors (Lipinski definition) is 6. The van der Waals surface area contributed by atoms with E-state index in [-0.39, 0.29) is 5.91 Å². The minimum absolute atomic E-state index is 0.0806. The fraction of sp³-hybridized carbons (Fsp3) is 0.333. The van der Waals surface area contributed by atoms with E-state index in [2.05, 4.69) is 42.8 Å². The number of carbonyl (C=O) groups is 1. The summed E-state index contributed by atoms with van der Waals surface area (Å²) in [5, 5.41) is 0.678. The lowest BCUT2D eigenvalue weighted by Gasteiger charge is -2.34. The number of fused-ring (bicyclic) bond motifs is 1. The van der Waals surface area contributed by atoms with Crippen molar-refractivity contribution in [2.45, 2.75) is 32.2 Å². The number of amides is 1. The molecule has 8 nitrogen and oxygen atoms in total. The van der Waals surface area contributed by atoms with E-state index in [1.54, 1.807) is 12.4 Å². The topological polar surface area (TPSA) is 79.5 Å². The van der Waals surface area contributed by atoms with Crippen LogP contribution in [0.3, 0.4) is 0 Å². The molecule has 3 aromatic rings. The van der Waals surface area contributed by atoms with Crippen LogP contribution in [0.1, 0.15) is 53.3 Å². The Labute approximate surface area is 215 Å². The second-order valence-electron chi connectivity index (χ2n) is 9.10. The highest BCUT2D eigenvalue weighted by Crippen LogP contribution is 2.39. The Bertz CT molecular complexity index is 1370.